The van der Waals surface area contributed by atoms with E-state index in [-0.39, 0.29) is 11.3 Å². The molecule has 0 unspecified atom stereocenters. The van der Waals surface area contributed by atoms with Crippen LogP contribution in [0.1, 0.15) is 49.2 Å². The van der Waals surface area contributed by atoms with Gasteiger partial charge in [-0.2, -0.15) is 0 Å². The van der Waals surface area contributed by atoms with Crippen molar-refractivity contribution in [1.82, 2.24) is 4.98 Å². The topological polar surface area (TPSA) is 51.2 Å². The van der Waals surface area contributed by atoms with Gasteiger partial charge in [-0.3, -0.25) is 4.79 Å². The highest BCUT2D eigenvalue weighted by molar-refractivity contribution is 7.07. The average molecular weight is 471 g/mol. The zero-order valence-corrected chi connectivity index (χ0v) is 21.1. The lowest BCUT2D eigenvalue weighted by Crippen LogP contribution is -2.21. The summed E-state index contributed by atoms with van der Waals surface area (Å²) in [7, 11) is 1.65. The van der Waals surface area contributed by atoms with Crippen molar-refractivity contribution in [2.75, 3.05) is 12.4 Å². The molecule has 1 amide bonds. The van der Waals surface area contributed by atoms with Gasteiger partial charge in [0.25, 0.3) is 5.91 Å². The number of aromatic nitrogens is 1. The van der Waals surface area contributed by atoms with Crippen molar-refractivity contribution in [2.45, 2.75) is 39.5 Å². The van der Waals surface area contributed by atoms with E-state index in [1.54, 1.807) is 18.4 Å². The second-order valence-electron chi connectivity index (χ2n) is 9.22. The average Bonchev–Trinajstić information content (AvgIpc) is 3.38. The number of carbonyl (C=O) groups excluding carboxylic acids is 1. The molecule has 0 bridgehead atoms. The number of hydrogen-bond donors (Lipinski definition) is 1. The lowest BCUT2D eigenvalue weighted by Gasteiger charge is -2.27. The Kier molecular flexibility index (Phi) is 6.85. The molecule has 3 aromatic carbocycles. The summed E-state index contributed by atoms with van der Waals surface area (Å²) in [4.78, 5) is 18.3. The molecule has 0 aliphatic rings. The molecule has 1 heterocycles. The smallest absolute Gasteiger partial charge is 0.256 e. The third kappa shape index (κ3) is 4.75. The lowest BCUT2D eigenvalue weighted by atomic mass is 9.82. The van der Waals surface area contributed by atoms with Crippen molar-refractivity contribution in [3.8, 4) is 28.1 Å². The molecule has 4 rings (SSSR count). The summed E-state index contributed by atoms with van der Waals surface area (Å²) in [5.41, 5.74) is 9.30. The standard InChI is InChI=1S/C29H30N2O2S/c1-6-21-23(26-17-34-18-30-26)15-16-25(29(2,3)4)27(21)31-28(32)24-10-8-7-9-22(24)19-11-13-20(33-5)14-12-19/h7-18H,6H2,1-5H3,(H,31,32). The van der Waals surface area contributed by atoms with E-state index in [4.69, 9.17) is 4.74 Å². The highest BCUT2D eigenvalue weighted by Gasteiger charge is 2.25. The third-order valence-electron chi connectivity index (χ3n) is 5.99. The van der Waals surface area contributed by atoms with Gasteiger partial charge >= 0.3 is 0 Å². The normalized spacial score (nSPS) is 11.3. The first-order valence-electron chi connectivity index (χ1n) is 11.4. The van der Waals surface area contributed by atoms with E-state index in [2.05, 4.69) is 55.5 Å². The van der Waals surface area contributed by atoms with Gasteiger partial charge in [-0.15, -0.1) is 11.3 Å². The summed E-state index contributed by atoms with van der Waals surface area (Å²) < 4.78 is 5.29. The summed E-state index contributed by atoms with van der Waals surface area (Å²) >= 11 is 1.57. The van der Waals surface area contributed by atoms with Crippen LogP contribution in [-0.2, 0) is 11.8 Å². The van der Waals surface area contributed by atoms with E-state index in [9.17, 15) is 4.79 Å². The molecule has 0 spiro atoms. The maximum atomic E-state index is 13.7. The summed E-state index contributed by atoms with van der Waals surface area (Å²) in [5, 5.41) is 5.35. The van der Waals surface area contributed by atoms with Gasteiger partial charge in [0.1, 0.15) is 5.75 Å². The Morgan fingerprint density at radius 3 is 2.35 bits per heavy atom. The number of methoxy groups -OCH3 is 1. The first-order valence-corrected chi connectivity index (χ1v) is 12.4. The monoisotopic (exact) mass is 470 g/mol. The van der Waals surface area contributed by atoms with Crippen LogP contribution in [0.4, 0.5) is 5.69 Å². The van der Waals surface area contributed by atoms with E-state index < -0.39 is 0 Å². The fraction of sp³-hybridized carbons (Fsp3) is 0.241. The third-order valence-corrected chi connectivity index (χ3v) is 6.58. The van der Waals surface area contributed by atoms with Gasteiger partial charge in [-0.25, -0.2) is 4.98 Å². The van der Waals surface area contributed by atoms with Gasteiger partial charge in [0.05, 0.1) is 18.3 Å². The summed E-state index contributed by atoms with van der Waals surface area (Å²) in [6.45, 7) is 8.64. The minimum atomic E-state index is -0.136. The Balaban J connectivity index is 1.80. The van der Waals surface area contributed by atoms with E-state index in [0.29, 0.717) is 5.56 Å². The van der Waals surface area contributed by atoms with Crippen LogP contribution in [0.2, 0.25) is 0 Å². The number of carbonyl (C=O) groups is 1. The molecule has 0 fully saturated rings. The van der Waals surface area contributed by atoms with Crippen LogP contribution in [0.5, 0.6) is 5.75 Å². The Hall–Kier alpha value is -3.44. The molecule has 5 heteroatoms. The van der Waals surface area contributed by atoms with Crippen LogP contribution in [0.3, 0.4) is 0 Å². The fourth-order valence-corrected chi connectivity index (χ4v) is 4.80. The largest absolute Gasteiger partial charge is 0.497 e. The van der Waals surface area contributed by atoms with E-state index in [1.807, 2.05) is 54.0 Å². The molecule has 1 N–H and O–H groups in total. The van der Waals surface area contributed by atoms with Crippen LogP contribution in [0.25, 0.3) is 22.4 Å². The number of hydrogen-bond acceptors (Lipinski definition) is 4. The number of ether oxygens (including phenoxy) is 1. The van der Waals surface area contributed by atoms with Gasteiger partial charge in [0.2, 0.25) is 0 Å². The molecule has 0 saturated heterocycles. The zero-order valence-electron chi connectivity index (χ0n) is 20.3. The summed E-state index contributed by atoms with van der Waals surface area (Å²) in [6, 6.07) is 19.8. The second kappa shape index (κ2) is 9.82. The molecular weight excluding hydrogens is 440 g/mol. The minimum Gasteiger partial charge on any atom is -0.497 e. The Morgan fingerprint density at radius 2 is 1.74 bits per heavy atom. The van der Waals surface area contributed by atoms with E-state index in [1.165, 1.54) is 0 Å². The van der Waals surface area contributed by atoms with Crippen molar-refractivity contribution in [3.05, 3.63) is 88.2 Å². The van der Waals surface area contributed by atoms with Crippen molar-refractivity contribution in [2.24, 2.45) is 0 Å². The Bertz CT molecular complexity index is 1290. The molecule has 0 radical (unpaired) electrons. The van der Waals surface area contributed by atoms with Gasteiger partial charge in [0, 0.05) is 22.2 Å². The predicted octanol–water partition coefficient (Wildman–Crippen LogP) is 7.60. The number of anilines is 1. The molecule has 4 nitrogen and oxygen atoms in total. The van der Waals surface area contributed by atoms with Gasteiger partial charge < -0.3 is 10.1 Å². The number of amides is 1. The molecule has 0 aliphatic heterocycles. The summed E-state index contributed by atoms with van der Waals surface area (Å²) in [6.07, 6.45) is 0.784. The molecule has 1 aromatic heterocycles. The van der Waals surface area contributed by atoms with E-state index >= 15 is 0 Å². The molecule has 174 valence electrons. The summed E-state index contributed by atoms with van der Waals surface area (Å²) in [5.74, 6) is 0.661. The lowest BCUT2D eigenvalue weighted by molar-refractivity contribution is 0.102. The quantitative estimate of drug-likeness (QED) is 0.316. The van der Waals surface area contributed by atoms with Crippen molar-refractivity contribution >= 4 is 22.9 Å². The number of benzene rings is 3. The number of nitrogens with zero attached hydrogens (tertiary/aromatic N) is 1. The molecule has 0 saturated carbocycles. The van der Waals surface area contributed by atoms with Gasteiger partial charge in [0.15, 0.2) is 0 Å². The van der Waals surface area contributed by atoms with Gasteiger partial charge in [-0.05, 0) is 52.3 Å². The van der Waals surface area contributed by atoms with Crippen molar-refractivity contribution in [3.63, 3.8) is 0 Å². The fourth-order valence-electron chi connectivity index (χ4n) is 4.25. The second-order valence-corrected chi connectivity index (χ2v) is 9.94. The van der Waals surface area contributed by atoms with Crippen molar-refractivity contribution in [1.29, 1.82) is 0 Å². The molecule has 4 aromatic rings. The van der Waals surface area contributed by atoms with Crippen LogP contribution < -0.4 is 10.1 Å². The Morgan fingerprint density at radius 1 is 1.00 bits per heavy atom. The van der Waals surface area contributed by atoms with Crippen LogP contribution in [0.15, 0.2) is 71.6 Å². The van der Waals surface area contributed by atoms with Gasteiger partial charge in [-0.1, -0.05) is 70.2 Å². The highest BCUT2D eigenvalue weighted by atomic mass is 32.1. The van der Waals surface area contributed by atoms with Crippen molar-refractivity contribution < 1.29 is 9.53 Å². The molecule has 0 atom stereocenters. The van der Waals surface area contributed by atoms with Crippen LogP contribution >= 0.6 is 11.3 Å². The predicted molar refractivity (Wildman–Crippen MR) is 142 cm³/mol. The molecule has 0 aliphatic carbocycles. The maximum absolute atomic E-state index is 13.7. The minimum absolute atomic E-state index is 0.123. The zero-order chi connectivity index (χ0) is 24.3. The maximum Gasteiger partial charge on any atom is 0.256 e. The van der Waals surface area contributed by atoms with Crippen LogP contribution in [-0.4, -0.2) is 18.0 Å². The number of rotatable bonds is 6. The Labute approximate surface area is 205 Å². The SMILES string of the molecule is CCc1c(-c2cscn2)ccc(C(C)(C)C)c1NC(=O)c1ccccc1-c1ccc(OC)cc1. The first kappa shape index (κ1) is 23.7. The highest BCUT2D eigenvalue weighted by Crippen LogP contribution is 2.38. The number of thiazole rings is 1. The molecular formula is C29H30N2O2S. The molecule has 34 heavy (non-hydrogen) atoms. The first-order chi connectivity index (χ1) is 16.3. The van der Waals surface area contributed by atoms with E-state index in [0.717, 1.165) is 51.4 Å². The number of nitrogens with one attached hydrogen (secondary N) is 1. The van der Waals surface area contributed by atoms with Crippen LogP contribution in [0, 0.1) is 0 Å².